The largest absolute Gasteiger partial charge is 0.503 e. The first-order valence-electron chi connectivity index (χ1n) is 10.2. The molecule has 0 spiro atoms. The normalized spacial score (nSPS) is 16.8. The van der Waals surface area contributed by atoms with Gasteiger partial charge in [0.1, 0.15) is 11.6 Å². The number of halogens is 1. The zero-order valence-electron chi connectivity index (χ0n) is 17.5. The number of aliphatic hydroxyl groups is 1. The SMILES string of the molecule is CCN(CC)CCCN1C(=O)C(O)=C(C(=O)c2ccc(C)o2)[C@@H]1c1ccc(F)cc1. The Balaban J connectivity index is 1.94. The van der Waals surface area contributed by atoms with Crippen LogP contribution in [-0.4, -0.2) is 52.8 Å². The van der Waals surface area contributed by atoms with Gasteiger partial charge in [-0.1, -0.05) is 26.0 Å². The van der Waals surface area contributed by atoms with Gasteiger partial charge in [-0.25, -0.2) is 4.39 Å². The second kappa shape index (κ2) is 9.26. The van der Waals surface area contributed by atoms with Crippen molar-refractivity contribution in [3.63, 3.8) is 0 Å². The Morgan fingerprint density at radius 3 is 2.40 bits per heavy atom. The van der Waals surface area contributed by atoms with E-state index in [-0.39, 0.29) is 11.3 Å². The van der Waals surface area contributed by atoms with Crippen molar-refractivity contribution in [2.75, 3.05) is 26.2 Å². The Kier molecular flexibility index (Phi) is 6.72. The van der Waals surface area contributed by atoms with Crippen LogP contribution in [0, 0.1) is 12.7 Å². The summed E-state index contributed by atoms with van der Waals surface area (Å²) >= 11 is 0. The molecule has 1 aromatic carbocycles. The molecule has 0 aliphatic carbocycles. The first-order chi connectivity index (χ1) is 14.4. The fraction of sp³-hybridized carbons (Fsp3) is 0.391. The topological polar surface area (TPSA) is 74.0 Å². The Hall–Kier alpha value is -2.93. The van der Waals surface area contributed by atoms with Crippen LogP contribution in [0.25, 0.3) is 0 Å². The van der Waals surface area contributed by atoms with Gasteiger partial charge in [0.15, 0.2) is 11.5 Å². The molecule has 1 atom stereocenters. The molecule has 30 heavy (non-hydrogen) atoms. The summed E-state index contributed by atoms with van der Waals surface area (Å²) in [7, 11) is 0. The number of amides is 1. The summed E-state index contributed by atoms with van der Waals surface area (Å²) in [5.74, 6) is -1.54. The highest BCUT2D eigenvalue weighted by molar-refractivity contribution is 6.15. The first-order valence-corrected chi connectivity index (χ1v) is 10.2. The second-order valence-corrected chi connectivity index (χ2v) is 7.33. The van der Waals surface area contributed by atoms with Gasteiger partial charge in [-0.15, -0.1) is 0 Å². The molecule has 0 bridgehead atoms. The molecule has 0 saturated heterocycles. The molecular weight excluding hydrogens is 387 g/mol. The van der Waals surface area contributed by atoms with Crippen molar-refractivity contribution in [1.82, 2.24) is 9.80 Å². The number of rotatable bonds is 9. The molecule has 7 heteroatoms. The summed E-state index contributed by atoms with van der Waals surface area (Å²) in [4.78, 5) is 29.7. The maximum atomic E-state index is 13.5. The van der Waals surface area contributed by atoms with Crippen LogP contribution in [0.15, 0.2) is 52.1 Å². The van der Waals surface area contributed by atoms with Crippen molar-refractivity contribution in [2.24, 2.45) is 0 Å². The van der Waals surface area contributed by atoms with Crippen LogP contribution in [0.2, 0.25) is 0 Å². The highest BCUT2D eigenvalue weighted by Crippen LogP contribution is 2.39. The van der Waals surface area contributed by atoms with E-state index in [0.717, 1.165) is 19.6 Å². The molecule has 6 nitrogen and oxygen atoms in total. The molecule has 3 rings (SSSR count). The first kappa shape index (κ1) is 21.8. The van der Waals surface area contributed by atoms with E-state index in [1.165, 1.54) is 35.2 Å². The minimum Gasteiger partial charge on any atom is -0.503 e. The number of ketones is 1. The fourth-order valence-electron chi connectivity index (χ4n) is 3.80. The summed E-state index contributed by atoms with van der Waals surface area (Å²) in [6, 6.07) is 8.00. The van der Waals surface area contributed by atoms with Crippen LogP contribution >= 0.6 is 0 Å². The summed E-state index contributed by atoms with van der Waals surface area (Å²) in [6.07, 6.45) is 0.680. The van der Waals surface area contributed by atoms with E-state index in [0.29, 0.717) is 24.3 Å². The van der Waals surface area contributed by atoms with Crippen molar-refractivity contribution in [3.8, 4) is 0 Å². The molecule has 2 aromatic rings. The van der Waals surface area contributed by atoms with Crippen molar-refractivity contribution < 1.29 is 23.5 Å². The third kappa shape index (κ3) is 4.31. The summed E-state index contributed by atoms with van der Waals surface area (Å²) in [5, 5.41) is 10.6. The lowest BCUT2D eigenvalue weighted by Crippen LogP contribution is -2.34. The molecule has 1 aromatic heterocycles. The van der Waals surface area contributed by atoms with Crippen molar-refractivity contribution in [1.29, 1.82) is 0 Å². The molecule has 1 N–H and O–H groups in total. The lowest BCUT2D eigenvalue weighted by molar-refractivity contribution is -0.129. The summed E-state index contributed by atoms with van der Waals surface area (Å²) < 4.78 is 18.9. The molecule has 1 amide bonds. The second-order valence-electron chi connectivity index (χ2n) is 7.33. The minimum atomic E-state index is -0.798. The number of benzene rings is 1. The molecule has 0 radical (unpaired) electrons. The zero-order chi connectivity index (χ0) is 21.8. The standard InChI is InChI=1S/C23H27FN2O4/c1-4-25(5-2)13-6-14-26-20(16-8-10-17(24)11-9-16)19(22(28)23(26)29)21(27)18-12-7-15(3)30-18/h7-12,20,28H,4-6,13-14H2,1-3H3/t20-/m0/s1. The molecule has 0 fully saturated rings. The number of aliphatic hydroxyl groups excluding tert-OH is 1. The van der Waals surface area contributed by atoms with Gasteiger partial charge < -0.3 is 19.3 Å². The van der Waals surface area contributed by atoms with Crippen LogP contribution in [0.4, 0.5) is 4.39 Å². The zero-order valence-corrected chi connectivity index (χ0v) is 17.5. The number of nitrogens with zero attached hydrogens (tertiary/aromatic N) is 2. The molecule has 160 valence electrons. The van der Waals surface area contributed by atoms with Crippen molar-refractivity contribution in [3.05, 3.63) is 70.6 Å². The van der Waals surface area contributed by atoms with E-state index in [2.05, 4.69) is 18.7 Å². The molecular formula is C23H27FN2O4. The van der Waals surface area contributed by atoms with Crippen LogP contribution in [-0.2, 0) is 4.79 Å². The van der Waals surface area contributed by atoms with E-state index in [9.17, 15) is 19.1 Å². The fourth-order valence-corrected chi connectivity index (χ4v) is 3.80. The molecule has 1 aliphatic heterocycles. The average molecular weight is 414 g/mol. The van der Waals surface area contributed by atoms with Gasteiger partial charge in [0.05, 0.1) is 11.6 Å². The van der Waals surface area contributed by atoms with Gasteiger partial charge in [-0.3, -0.25) is 9.59 Å². The van der Waals surface area contributed by atoms with E-state index in [4.69, 9.17) is 4.42 Å². The minimum absolute atomic E-state index is 0.0382. The van der Waals surface area contributed by atoms with Gasteiger partial charge in [0.2, 0.25) is 5.78 Å². The van der Waals surface area contributed by atoms with E-state index in [1.807, 2.05) is 0 Å². The maximum Gasteiger partial charge on any atom is 0.290 e. The Labute approximate surface area is 175 Å². The summed E-state index contributed by atoms with van der Waals surface area (Å²) in [6.45, 7) is 8.79. The number of carbonyl (C=O) groups excluding carboxylic acids is 2. The van der Waals surface area contributed by atoms with Crippen molar-refractivity contribution >= 4 is 11.7 Å². The van der Waals surface area contributed by atoms with Gasteiger partial charge in [0, 0.05) is 6.54 Å². The molecule has 1 aliphatic rings. The maximum absolute atomic E-state index is 13.5. The number of furan rings is 1. The predicted molar refractivity (Wildman–Crippen MR) is 111 cm³/mol. The van der Waals surface area contributed by atoms with E-state index < -0.39 is 29.3 Å². The van der Waals surface area contributed by atoms with Gasteiger partial charge in [-0.2, -0.15) is 0 Å². The van der Waals surface area contributed by atoms with Crippen LogP contribution < -0.4 is 0 Å². The molecule has 2 heterocycles. The van der Waals surface area contributed by atoms with Crippen LogP contribution in [0.5, 0.6) is 0 Å². The number of Topliss-reactive ketones (excluding diaryl/α,β-unsaturated/α-hetero) is 1. The summed E-state index contributed by atoms with van der Waals surface area (Å²) in [5.41, 5.74) is 0.520. The van der Waals surface area contributed by atoms with Gasteiger partial charge >= 0.3 is 0 Å². The number of aryl methyl sites for hydroxylation is 1. The van der Waals surface area contributed by atoms with E-state index >= 15 is 0 Å². The lowest BCUT2D eigenvalue weighted by Gasteiger charge is -2.28. The number of carbonyl (C=O) groups is 2. The third-order valence-corrected chi connectivity index (χ3v) is 5.47. The number of hydrogen-bond acceptors (Lipinski definition) is 5. The van der Waals surface area contributed by atoms with Crippen molar-refractivity contribution in [2.45, 2.75) is 33.2 Å². The Bertz CT molecular complexity index is 944. The lowest BCUT2D eigenvalue weighted by atomic mass is 9.95. The highest BCUT2D eigenvalue weighted by Gasteiger charge is 2.44. The Morgan fingerprint density at radius 2 is 1.83 bits per heavy atom. The van der Waals surface area contributed by atoms with Crippen LogP contribution in [0.1, 0.15) is 48.2 Å². The van der Waals surface area contributed by atoms with E-state index in [1.54, 1.807) is 13.0 Å². The van der Waals surface area contributed by atoms with Gasteiger partial charge in [0.25, 0.3) is 5.91 Å². The molecule has 0 saturated carbocycles. The third-order valence-electron chi connectivity index (χ3n) is 5.47. The highest BCUT2D eigenvalue weighted by atomic mass is 19.1. The Morgan fingerprint density at radius 1 is 1.17 bits per heavy atom. The number of hydrogen-bond donors (Lipinski definition) is 1. The van der Waals surface area contributed by atoms with Crippen LogP contribution in [0.3, 0.4) is 0 Å². The monoisotopic (exact) mass is 414 g/mol. The molecule has 0 unspecified atom stereocenters. The quantitative estimate of drug-likeness (QED) is 0.627. The smallest absolute Gasteiger partial charge is 0.290 e. The average Bonchev–Trinajstić information content (AvgIpc) is 3.28. The predicted octanol–water partition coefficient (Wildman–Crippen LogP) is 4.04. The van der Waals surface area contributed by atoms with Gasteiger partial charge in [-0.05, 0) is 62.8 Å².